The Morgan fingerprint density at radius 2 is 2.24 bits per heavy atom. The van der Waals surface area contributed by atoms with E-state index in [2.05, 4.69) is 21.4 Å². The summed E-state index contributed by atoms with van der Waals surface area (Å²) in [5, 5.41) is 3.87. The normalized spacial score (nSPS) is 16.3. The van der Waals surface area contributed by atoms with Crippen LogP contribution in [0.15, 0.2) is 47.6 Å². The molecule has 3 aromatic rings. The quantitative estimate of drug-likeness (QED) is 0.703. The van der Waals surface area contributed by atoms with Gasteiger partial charge in [-0.05, 0) is 30.7 Å². The minimum atomic E-state index is 0.00309. The monoisotopic (exact) mass is 353 g/mol. The second-order valence-electron chi connectivity index (χ2n) is 6.15. The molecular weight excluding hydrogens is 334 g/mol. The van der Waals surface area contributed by atoms with Crippen molar-refractivity contribution in [3.05, 3.63) is 53.6 Å². The number of hydrogen-bond donors (Lipinski definition) is 2. The Kier molecular flexibility index (Phi) is 4.36. The molecule has 0 bridgehead atoms. The molecule has 1 aliphatic rings. The number of thioether (sulfide) groups is 1. The van der Waals surface area contributed by atoms with Gasteiger partial charge < -0.3 is 15.0 Å². The number of fused-ring (bicyclic) bond motifs is 2. The highest BCUT2D eigenvalue weighted by Crippen LogP contribution is 2.31. The molecule has 1 aliphatic heterocycles. The Balaban J connectivity index is 1.39. The van der Waals surface area contributed by atoms with Gasteiger partial charge in [-0.1, -0.05) is 36.0 Å². The summed E-state index contributed by atoms with van der Waals surface area (Å²) in [6, 6.07) is 14.0. The molecule has 2 heterocycles. The molecule has 128 valence electrons. The number of H-pyrrole nitrogens is 1. The number of nitrogens with one attached hydrogen (secondary N) is 2. The first-order valence-electron chi connectivity index (χ1n) is 8.29. The number of aromatic amines is 1. The van der Waals surface area contributed by atoms with Crippen LogP contribution in [-0.4, -0.2) is 28.2 Å². The predicted molar refractivity (Wildman–Crippen MR) is 99.0 cm³/mol. The Bertz CT molecular complexity index is 922. The number of ether oxygens (including phenoxy) is 1. The summed E-state index contributed by atoms with van der Waals surface area (Å²) in [6.07, 6.45) is 0.789. The summed E-state index contributed by atoms with van der Waals surface area (Å²) in [5.41, 5.74) is 4.16. The lowest BCUT2D eigenvalue weighted by molar-refractivity contribution is -0.119. The van der Waals surface area contributed by atoms with Crippen LogP contribution >= 0.6 is 11.8 Å². The van der Waals surface area contributed by atoms with E-state index < -0.39 is 0 Å². The average molecular weight is 353 g/mol. The number of nitrogens with zero attached hydrogens (tertiary/aromatic N) is 1. The van der Waals surface area contributed by atoms with Crippen LogP contribution in [-0.2, 0) is 4.79 Å². The van der Waals surface area contributed by atoms with E-state index in [1.165, 1.54) is 17.3 Å². The van der Waals surface area contributed by atoms with E-state index in [0.717, 1.165) is 33.9 Å². The summed E-state index contributed by atoms with van der Waals surface area (Å²) in [7, 11) is 0. The molecule has 0 spiro atoms. The van der Waals surface area contributed by atoms with Gasteiger partial charge in [0.2, 0.25) is 5.91 Å². The molecule has 2 N–H and O–H groups in total. The van der Waals surface area contributed by atoms with E-state index in [1.807, 2.05) is 43.3 Å². The van der Waals surface area contributed by atoms with E-state index in [4.69, 9.17) is 4.74 Å². The van der Waals surface area contributed by atoms with E-state index in [0.29, 0.717) is 12.4 Å². The SMILES string of the molecule is Cc1ccc2nc(SCC(=O)NC3CCOc4ccccc43)[nH]c2c1. The number of para-hydroxylation sites is 1. The molecule has 4 rings (SSSR count). The fourth-order valence-corrected chi connectivity index (χ4v) is 3.73. The molecule has 0 saturated carbocycles. The molecule has 0 saturated heterocycles. The maximum Gasteiger partial charge on any atom is 0.230 e. The van der Waals surface area contributed by atoms with Crippen LogP contribution < -0.4 is 10.1 Å². The number of aryl methyl sites for hydroxylation is 1. The zero-order chi connectivity index (χ0) is 17.2. The average Bonchev–Trinajstić information content (AvgIpc) is 3.02. The zero-order valence-corrected chi connectivity index (χ0v) is 14.7. The Hall–Kier alpha value is -2.47. The van der Waals surface area contributed by atoms with Crippen molar-refractivity contribution in [3.8, 4) is 5.75 Å². The van der Waals surface area contributed by atoms with Gasteiger partial charge in [0.15, 0.2) is 5.16 Å². The van der Waals surface area contributed by atoms with Crippen molar-refractivity contribution in [2.45, 2.75) is 24.5 Å². The van der Waals surface area contributed by atoms with Crippen molar-refractivity contribution in [1.82, 2.24) is 15.3 Å². The Labute approximate surface area is 150 Å². The van der Waals surface area contributed by atoms with E-state index >= 15 is 0 Å². The van der Waals surface area contributed by atoms with Crippen molar-refractivity contribution in [3.63, 3.8) is 0 Å². The first-order valence-corrected chi connectivity index (χ1v) is 9.28. The molecule has 6 heteroatoms. The number of carbonyl (C=O) groups is 1. The predicted octanol–water partition coefficient (Wildman–Crippen LogP) is 3.60. The minimum absolute atomic E-state index is 0.00309. The Morgan fingerprint density at radius 1 is 1.36 bits per heavy atom. The second kappa shape index (κ2) is 6.80. The van der Waals surface area contributed by atoms with Crippen molar-refractivity contribution >= 4 is 28.7 Å². The number of carbonyl (C=O) groups excluding carboxylic acids is 1. The summed E-state index contributed by atoms with van der Waals surface area (Å²) in [6.45, 7) is 2.67. The summed E-state index contributed by atoms with van der Waals surface area (Å²) in [5.74, 6) is 1.20. The van der Waals surface area contributed by atoms with Gasteiger partial charge in [0.05, 0.1) is 29.4 Å². The maximum atomic E-state index is 12.3. The molecule has 0 aliphatic carbocycles. The van der Waals surface area contributed by atoms with Crippen molar-refractivity contribution < 1.29 is 9.53 Å². The highest BCUT2D eigenvalue weighted by molar-refractivity contribution is 7.99. The molecule has 0 radical (unpaired) electrons. The first kappa shape index (κ1) is 16.0. The lowest BCUT2D eigenvalue weighted by Crippen LogP contribution is -2.33. The highest BCUT2D eigenvalue weighted by Gasteiger charge is 2.22. The summed E-state index contributed by atoms with van der Waals surface area (Å²) >= 11 is 1.42. The zero-order valence-electron chi connectivity index (χ0n) is 13.9. The van der Waals surface area contributed by atoms with Crippen molar-refractivity contribution in [2.24, 2.45) is 0 Å². The number of benzene rings is 2. The van der Waals surface area contributed by atoms with Gasteiger partial charge in [-0.2, -0.15) is 0 Å². The van der Waals surface area contributed by atoms with Crippen LogP contribution in [0.2, 0.25) is 0 Å². The van der Waals surface area contributed by atoms with Gasteiger partial charge in [0, 0.05) is 12.0 Å². The Morgan fingerprint density at radius 3 is 3.16 bits per heavy atom. The van der Waals surface area contributed by atoms with Crippen molar-refractivity contribution in [1.29, 1.82) is 0 Å². The van der Waals surface area contributed by atoms with Crippen molar-refractivity contribution in [2.75, 3.05) is 12.4 Å². The second-order valence-corrected chi connectivity index (χ2v) is 7.11. The van der Waals surface area contributed by atoms with Crippen LogP contribution in [0.25, 0.3) is 11.0 Å². The van der Waals surface area contributed by atoms with Gasteiger partial charge >= 0.3 is 0 Å². The van der Waals surface area contributed by atoms with E-state index in [-0.39, 0.29) is 11.9 Å². The van der Waals surface area contributed by atoms with E-state index in [9.17, 15) is 4.79 Å². The smallest absolute Gasteiger partial charge is 0.230 e. The topological polar surface area (TPSA) is 67.0 Å². The van der Waals surface area contributed by atoms with Gasteiger partial charge in [0.1, 0.15) is 5.75 Å². The number of hydrogen-bond acceptors (Lipinski definition) is 4. The molecular formula is C19H19N3O2S. The van der Waals surface area contributed by atoms with Crippen LogP contribution in [0.4, 0.5) is 0 Å². The van der Waals surface area contributed by atoms with Gasteiger partial charge in [-0.15, -0.1) is 0 Å². The molecule has 1 aromatic heterocycles. The van der Waals surface area contributed by atoms with Crippen LogP contribution in [0, 0.1) is 6.92 Å². The largest absolute Gasteiger partial charge is 0.493 e. The molecule has 1 atom stereocenters. The number of aromatic nitrogens is 2. The van der Waals surface area contributed by atoms with Crippen LogP contribution in [0.5, 0.6) is 5.75 Å². The lowest BCUT2D eigenvalue weighted by atomic mass is 10.0. The highest BCUT2D eigenvalue weighted by atomic mass is 32.2. The third-order valence-electron chi connectivity index (χ3n) is 4.25. The maximum absolute atomic E-state index is 12.3. The molecule has 25 heavy (non-hydrogen) atoms. The fourth-order valence-electron chi connectivity index (χ4n) is 3.03. The summed E-state index contributed by atoms with van der Waals surface area (Å²) in [4.78, 5) is 20.1. The fraction of sp³-hybridized carbons (Fsp3) is 0.263. The van der Waals surface area contributed by atoms with E-state index in [1.54, 1.807) is 0 Å². The third kappa shape index (κ3) is 3.49. The van der Waals surface area contributed by atoms with Crippen LogP contribution in [0.1, 0.15) is 23.6 Å². The van der Waals surface area contributed by atoms with Gasteiger partial charge in [0.25, 0.3) is 0 Å². The molecule has 2 aromatic carbocycles. The molecule has 1 amide bonds. The van der Waals surface area contributed by atoms with Gasteiger partial charge in [-0.3, -0.25) is 4.79 Å². The molecule has 1 unspecified atom stereocenters. The standard InChI is InChI=1S/C19H19N3O2S/c1-12-6-7-15-16(10-12)22-19(21-15)25-11-18(23)20-14-8-9-24-17-5-3-2-4-13(14)17/h2-7,10,14H,8-9,11H2,1H3,(H,20,23)(H,21,22). The number of rotatable bonds is 4. The third-order valence-corrected chi connectivity index (χ3v) is 5.12. The number of amides is 1. The number of imidazole rings is 1. The lowest BCUT2D eigenvalue weighted by Gasteiger charge is -2.26. The van der Waals surface area contributed by atoms with Crippen LogP contribution in [0.3, 0.4) is 0 Å². The first-order chi connectivity index (χ1) is 12.2. The van der Waals surface area contributed by atoms with Gasteiger partial charge in [-0.25, -0.2) is 4.98 Å². The summed E-state index contributed by atoms with van der Waals surface area (Å²) < 4.78 is 5.64. The minimum Gasteiger partial charge on any atom is -0.493 e. The molecule has 5 nitrogen and oxygen atoms in total. The molecule has 0 fully saturated rings.